The predicted octanol–water partition coefficient (Wildman–Crippen LogP) is 4.59. The summed E-state index contributed by atoms with van der Waals surface area (Å²) in [5.74, 6) is -0.489. The van der Waals surface area contributed by atoms with Crippen molar-refractivity contribution in [3.8, 4) is 5.75 Å². The molecule has 2 aromatic rings. The predicted molar refractivity (Wildman–Crippen MR) is 103 cm³/mol. The lowest BCUT2D eigenvalue weighted by Crippen LogP contribution is -2.29. The van der Waals surface area contributed by atoms with Crippen LogP contribution in [0, 0.1) is 0 Å². The number of carbonyl (C=O) groups is 2. The second kappa shape index (κ2) is 9.27. The lowest BCUT2D eigenvalue weighted by atomic mass is 10.2. The number of carbonyl (C=O) groups excluding carboxylic acids is 2. The van der Waals surface area contributed by atoms with Crippen LogP contribution in [0.4, 0.5) is 5.69 Å². The number of rotatable bonds is 6. The Balaban J connectivity index is 1.94. The minimum absolute atomic E-state index is 0.221. The number of amides is 1. The summed E-state index contributed by atoms with van der Waals surface area (Å²) >= 11 is 11.9. The number of hydrogen-bond acceptors (Lipinski definition) is 4. The molecule has 0 aliphatic rings. The molecule has 2 rings (SSSR count). The number of nitrogens with one attached hydrogen (secondary N) is 1. The van der Waals surface area contributed by atoms with Crippen molar-refractivity contribution in [3.05, 3.63) is 64.1 Å². The van der Waals surface area contributed by atoms with Crippen molar-refractivity contribution in [2.75, 3.05) is 12.4 Å². The summed E-state index contributed by atoms with van der Waals surface area (Å²) in [7, 11) is 1.56. The summed E-state index contributed by atoms with van der Waals surface area (Å²) in [5, 5.41) is 3.11. The Labute approximate surface area is 161 Å². The number of esters is 1. The molecular formula is C19H17Cl2NO4. The fourth-order valence-electron chi connectivity index (χ4n) is 2.01. The van der Waals surface area contributed by atoms with Crippen LogP contribution in [0.2, 0.25) is 10.0 Å². The van der Waals surface area contributed by atoms with Crippen LogP contribution in [-0.2, 0) is 14.3 Å². The molecule has 0 fully saturated rings. The van der Waals surface area contributed by atoms with E-state index in [4.69, 9.17) is 32.7 Å². The number of ether oxygens (including phenoxy) is 2. The van der Waals surface area contributed by atoms with E-state index in [9.17, 15) is 9.59 Å². The van der Waals surface area contributed by atoms with E-state index in [1.807, 2.05) is 6.07 Å². The van der Waals surface area contributed by atoms with E-state index in [0.717, 1.165) is 5.56 Å². The fraction of sp³-hybridized carbons (Fsp3) is 0.158. The molecular weight excluding hydrogens is 377 g/mol. The minimum Gasteiger partial charge on any atom is -0.497 e. The SMILES string of the molecule is COc1cccc(/C=C/C(=O)OC(C)C(=O)Nc2cccc(Cl)c2Cl)c1. The summed E-state index contributed by atoms with van der Waals surface area (Å²) in [6, 6.07) is 12.0. The van der Waals surface area contributed by atoms with Gasteiger partial charge in [0.1, 0.15) is 5.75 Å². The molecule has 0 aromatic heterocycles. The highest BCUT2D eigenvalue weighted by Gasteiger charge is 2.18. The molecule has 5 nitrogen and oxygen atoms in total. The average Bonchev–Trinajstić information content (AvgIpc) is 2.63. The van der Waals surface area contributed by atoms with Gasteiger partial charge in [-0.1, -0.05) is 41.4 Å². The highest BCUT2D eigenvalue weighted by atomic mass is 35.5. The van der Waals surface area contributed by atoms with E-state index < -0.39 is 18.0 Å². The molecule has 0 aliphatic heterocycles. The van der Waals surface area contributed by atoms with Crippen molar-refractivity contribution in [1.29, 1.82) is 0 Å². The van der Waals surface area contributed by atoms with Crippen LogP contribution >= 0.6 is 23.2 Å². The van der Waals surface area contributed by atoms with Crippen molar-refractivity contribution in [2.45, 2.75) is 13.0 Å². The molecule has 0 aliphatic carbocycles. The lowest BCUT2D eigenvalue weighted by molar-refractivity contribution is -0.148. The van der Waals surface area contributed by atoms with E-state index in [2.05, 4.69) is 5.32 Å². The van der Waals surface area contributed by atoms with Crippen molar-refractivity contribution >= 4 is 46.8 Å². The maximum Gasteiger partial charge on any atom is 0.331 e. The molecule has 0 heterocycles. The van der Waals surface area contributed by atoms with Crippen LogP contribution < -0.4 is 10.1 Å². The monoisotopic (exact) mass is 393 g/mol. The molecule has 0 saturated carbocycles. The van der Waals surface area contributed by atoms with Crippen LogP contribution in [0.25, 0.3) is 6.08 Å². The van der Waals surface area contributed by atoms with E-state index in [0.29, 0.717) is 16.5 Å². The fourth-order valence-corrected chi connectivity index (χ4v) is 2.36. The molecule has 0 radical (unpaired) electrons. The van der Waals surface area contributed by atoms with Gasteiger partial charge in [0.15, 0.2) is 6.10 Å². The zero-order chi connectivity index (χ0) is 19.1. The Kier molecular flexibility index (Phi) is 7.06. The number of halogens is 2. The van der Waals surface area contributed by atoms with Crippen molar-refractivity contribution < 1.29 is 19.1 Å². The summed E-state index contributed by atoms with van der Waals surface area (Å²) < 4.78 is 10.2. The lowest BCUT2D eigenvalue weighted by Gasteiger charge is -2.13. The first kappa shape index (κ1) is 19.8. The third-order valence-corrected chi connectivity index (χ3v) is 4.20. The van der Waals surface area contributed by atoms with Crippen LogP contribution in [-0.4, -0.2) is 25.1 Å². The average molecular weight is 394 g/mol. The van der Waals surface area contributed by atoms with Gasteiger partial charge in [-0.15, -0.1) is 0 Å². The minimum atomic E-state index is -1.01. The van der Waals surface area contributed by atoms with E-state index in [-0.39, 0.29) is 5.02 Å². The van der Waals surface area contributed by atoms with Gasteiger partial charge in [-0.05, 0) is 42.8 Å². The molecule has 1 atom stereocenters. The third-order valence-electron chi connectivity index (χ3n) is 3.38. The quantitative estimate of drug-likeness (QED) is 0.575. The first-order valence-electron chi connectivity index (χ1n) is 7.68. The van der Waals surface area contributed by atoms with Gasteiger partial charge in [-0.2, -0.15) is 0 Å². The molecule has 1 N–H and O–H groups in total. The zero-order valence-corrected chi connectivity index (χ0v) is 15.7. The molecule has 7 heteroatoms. The van der Waals surface area contributed by atoms with Gasteiger partial charge in [0.25, 0.3) is 5.91 Å². The van der Waals surface area contributed by atoms with E-state index in [1.165, 1.54) is 13.0 Å². The molecule has 0 bridgehead atoms. The van der Waals surface area contributed by atoms with E-state index >= 15 is 0 Å². The normalized spacial score (nSPS) is 11.8. The number of benzene rings is 2. The van der Waals surface area contributed by atoms with Crippen LogP contribution in [0.1, 0.15) is 12.5 Å². The topological polar surface area (TPSA) is 64.6 Å². The van der Waals surface area contributed by atoms with Gasteiger partial charge >= 0.3 is 5.97 Å². The molecule has 1 amide bonds. The van der Waals surface area contributed by atoms with E-state index in [1.54, 1.807) is 49.6 Å². The molecule has 1 unspecified atom stereocenters. The molecule has 2 aromatic carbocycles. The first-order valence-corrected chi connectivity index (χ1v) is 8.44. The Morgan fingerprint density at radius 2 is 1.88 bits per heavy atom. The number of anilines is 1. The van der Waals surface area contributed by atoms with Crippen LogP contribution in [0.3, 0.4) is 0 Å². The molecule has 0 saturated heterocycles. The summed E-state index contributed by atoms with van der Waals surface area (Å²) in [6.07, 6.45) is 1.81. The maximum atomic E-state index is 12.1. The van der Waals surface area contributed by atoms with Gasteiger partial charge in [0.05, 0.1) is 22.8 Å². The van der Waals surface area contributed by atoms with Crippen LogP contribution in [0.5, 0.6) is 5.75 Å². The highest BCUT2D eigenvalue weighted by Crippen LogP contribution is 2.29. The van der Waals surface area contributed by atoms with Gasteiger partial charge < -0.3 is 14.8 Å². The van der Waals surface area contributed by atoms with Crippen molar-refractivity contribution in [1.82, 2.24) is 0 Å². The smallest absolute Gasteiger partial charge is 0.331 e. The summed E-state index contributed by atoms with van der Waals surface area (Å²) in [4.78, 5) is 24.0. The molecule has 0 spiro atoms. The van der Waals surface area contributed by atoms with Crippen LogP contribution in [0.15, 0.2) is 48.5 Å². The Hall–Kier alpha value is -2.50. The van der Waals surface area contributed by atoms with Crippen molar-refractivity contribution in [2.24, 2.45) is 0 Å². The van der Waals surface area contributed by atoms with Gasteiger partial charge in [-0.25, -0.2) is 4.79 Å². The summed E-state index contributed by atoms with van der Waals surface area (Å²) in [5.41, 5.74) is 1.11. The van der Waals surface area contributed by atoms with Gasteiger partial charge in [0, 0.05) is 6.08 Å². The molecule has 26 heavy (non-hydrogen) atoms. The van der Waals surface area contributed by atoms with Gasteiger partial charge in [-0.3, -0.25) is 4.79 Å². The zero-order valence-electron chi connectivity index (χ0n) is 14.2. The Morgan fingerprint density at radius 1 is 1.15 bits per heavy atom. The maximum absolute atomic E-state index is 12.1. The first-order chi connectivity index (χ1) is 12.4. The highest BCUT2D eigenvalue weighted by molar-refractivity contribution is 6.44. The Bertz CT molecular complexity index is 836. The molecule has 136 valence electrons. The largest absolute Gasteiger partial charge is 0.497 e. The Morgan fingerprint density at radius 3 is 2.62 bits per heavy atom. The number of methoxy groups -OCH3 is 1. The van der Waals surface area contributed by atoms with Crippen molar-refractivity contribution in [3.63, 3.8) is 0 Å². The number of hydrogen-bond donors (Lipinski definition) is 1. The second-order valence-corrected chi connectivity index (χ2v) is 6.06. The third kappa shape index (κ3) is 5.51. The summed E-state index contributed by atoms with van der Waals surface area (Å²) in [6.45, 7) is 1.46. The second-order valence-electron chi connectivity index (χ2n) is 5.28. The van der Waals surface area contributed by atoms with Gasteiger partial charge in [0.2, 0.25) is 0 Å². The standard InChI is InChI=1S/C19H17Cl2NO4/c1-12(19(24)22-16-8-4-7-15(20)18(16)21)26-17(23)10-9-13-5-3-6-14(11-13)25-2/h3-12H,1-2H3,(H,22,24)/b10-9+.